The molecule has 7 heteroatoms. The SMILES string of the molecule is CC[C@H](C)[C@H]1C(=O)Nc2ccccc2CN1C(=O)N[C@@H](C)C(=O)NC. The minimum absolute atomic E-state index is 0.0182. The highest BCUT2D eigenvalue weighted by Gasteiger charge is 2.37. The van der Waals surface area contributed by atoms with E-state index in [2.05, 4.69) is 16.0 Å². The summed E-state index contributed by atoms with van der Waals surface area (Å²) in [6, 6.07) is 5.73. The Bertz CT molecular complexity index is 661. The topological polar surface area (TPSA) is 90.5 Å². The van der Waals surface area contributed by atoms with Crippen molar-refractivity contribution in [1.29, 1.82) is 0 Å². The summed E-state index contributed by atoms with van der Waals surface area (Å²) in [7, 11) is 1.52. The van der Waals surface area contributed by atoms with Crippen molar-refractivity contribution < 1.29 is 14.4 Å². The molecule has 1 aliphatic rings. The highest BCUT2D eigenvalue weighted by molar-refractivity contribution is 5.99. The third-order valence-corrected chi connectivity index (χ3v) is 4.64. The molecule has 0 aromatic heterocycles. The Balaban J connectivity index is 2.33. The quantitative estimate of drug-likeness (QED) is 0.775. The molecule has 0 bridgehead atoms. The van der Waals surface area contributed by atoms with Crippen molar-refractivity contribution in [1.82, 2.24) is 15.5 Å². The molecule has 3 atom stereocenters. The third-order valence-electron chi connectivity index (χ3n) is 4.64. The van der Waals surface area contributed by atoms with E-state index in [9.17, 15) is 14.4 Å². The molecule has 2 rings (SSSR count). The van der Waals surface area contributed by atoms with Gasteiger partial charge in [-0.15, -0.1) is 0 Å². The van der Waals surface area contributed by atoms with Crippen LogP contribution >= 0.6 is 0 Å². The summed E-state index contributed by atoms with van der Waals surface area (Å²) in [6.07, 6.45) is 0.753. The molecular formula is C18H26N4O3. The van der Waals surface area contributed by atoms with Gasteiger partial charge in [-0.1, -0.05) is 38.5 Å². The van der Waals surface area contributed by atoms with Crippen molar-refractivity contribution >= 4 is 23.5 Å². The van der Waals surface area contributed by atoms with E-state index in [1.807, 2.05) is 38.1 Å². The molecule has 0 unspecified atom stereocenters. The normalized spacial score (nSPS) is 19.1. The van der Waals surface area contributed by atoms with Crippen LogP contribution in [0.5, 0.6) is 0 Å². The molecule has 1 aromatic rings. The lowest BCUT2D eigenvalue weighted by Gasteiger charge is -2.33. The van der Waals surface area contributed by atoms with Crippen molar-refractivity contribution in [3.05, 3.63) is 29.8 Å². The number of urea groups is 1. The van der Waals surface area contributed by atoms with E-state index >= 15 is 0 Å². The van der Waals surface area contributed by atoms with Gasteiger partial charge in [-0.2, -0.15) is 0 Å². The molecule has 0 fully saturated rings. The fourth-order valence-electron chi connectivity index (χ4n) is 2.95. The number of para-hydroxylation sites is 1. The predicted octanol–water partition coefficient (Wildman–Crippen LogP) is 1.70. The first-order valence-corrected chi connectivity index (χ1v) is 8.56. The first kappa shape index (κ1) is 18.8. The van der Waals surface area contributed by atoms with Crippen LogP contribution in [0.2, 0.25) is 0 Å². The van der Waals surface area contributed by atoms with Crippen LogP contribution in [0.15, 0.2) is 24.3 Å². The van der Waals surface area contributed by atoms with Crippen molar-refractivity contribution in [3.8, 4) is 0 Å². The van der Waals surface area contributed by atoms with Gasteiger partial charge in [-0.25, -0.2) is 4.79 Å². The maximum Gasteiger partial charge on any atom is 0.319 e. The Morgan fingerprint density at radius 1 is 1.32 bits per heavy atom. The summed E-state index contributed by atoms with van der Waals surface area (Å²) in [5, 5.41) is 8.11. The van der Waals surface area contributed by atoms with Crippen molar-refractivity contribution in [3.63, 3.8) is 0 Å². The average molecular weight is 346 g/mol. The van der Waals surface area contributed by atoms with Crippen LogP contribution in [-0.2, 0) is 16.1 Å². The molecule has 0 saturated carbocycles. The zero-order chi connectivity index (χ0) is 18.6. The maximum atomic E-state index is 12.8. The molecule has 4 amide bonds. The predicted molar refractivity (Wildman–Crippen MR) is 95.9 cm³/mol. The van der Waals surface area contributed by atoms with E-state index in [0.717, 1.165) is 17.7 Å². The second kappa shape index (κ2) is 8.00. The molecular weight excluding hydrogens is 320 g/mol. The molecule has 1 aromatic carbocycles. The van der Waals surface area contributed by atoms with Crippen molar-refractivity contribution in [2.45, 2.75) is 45.8 Å². The van der Waals surface area contributed by atoms with Crippen molar-refractivity contribution in [2.24, 2.45) is 5.92 Å². The van der Waals surface area contributed by atoms with Crippen LogP contribution in [0, 0.1) is 5.92 Å². The second-order valence-electron chi connectivity index (χ2n) is 6.39. The minimum Gasteiger partial charge on any atom is -0.357 e. The molecule has 0 aliphatic carbocycles. The van der Waals surface area contributed by atoms with E-state index < -0.39 is 18.1 Å². The van der Waals surface area contributed by atoms with E-state index in [1.165, 1.54) is 11.9 Å². The molecule has 1 heterocycles. The molecule has 3 N–H and O–H groups in total. The first-order chi connectivity index (χ1) is 11.9. The molecule has 0 radical (unpaired) electrons. The highest BCUT2D eigenvalue weighted by atomic mass is 16.2. The van der Waals surface area contributed by atoms with E-state index in [1.54, 1.807) is 6.92 Å². The fraction of sp³-hybridized carbons (Fsp3) is 0.500. The summed E-state index contributed by atoms with van der Waals surface area (Å²) in [5.41, 5.74) is 1.58. The summed E-state index contributed by atoms with van der Waals surface area (Å²) in [5.74, 6) is -0.509. The number of carbonyl (C=O) groups excluding carboxylic acids is 3. The molecule has 7 nitrogen and oxygen atoms in total. The van der Waals surface area contributed by atoms with Crippen LogP contribution < -0.4 is 16.0 Å². The molecule has 0 spiro atoms. The van der Waals surface area contributed by atoms with Gasteiger partial charge in [-0.05, 0) is 24.5 Å². The highest BCUT2D eigenvalue weighted by Crippen LogP contribution is 2.27. The monoisotopic (exact) mass is 346 g/mol. The molecule has 0 saturated heterocycles. The minimum atomic E-state index is -0.684. The van der Waals surface area contributed by atoms with Gasteiger partial charge in [0.05, 0.1) is 6.54 Å². The molecule has 25 heavy (non-hydrogen) atoms. The van der Waals surface area contributed by atoms with Gasteiger partial charge in [0.1, 0.15) is 12.1 Å². The van der Waals surface area contributed by atoms with Crippen LogP contribution in [0.25, 0.3) is 0 Å². The van der Waals surface area contributed by atoms with Crippen molar-refractivity contribution in [2.75, 3.05) is 12.4 Å². The molecule has 1 aliphatic heterocycles. The summed E-state index contributed by atoms with van der Waals surface area (Å²) >= 11 is 0. The summed E-state index contributed by atoms with van der Waals surface area (Å²) in [6.45, 7) is 5.85. The van der Waals surface area contributed by atoms with Gasteiger partial charge < -0.3 is 20.9 Å². The summed E-state index contributed by atoms with van der Waals surface area (Å²) in [4.78, 5) is 38.8. The molecule has 136 valence electrons. The zero-order valence-corrected chi connectivity index (χ0v) is 15.1. The van der Waals surface area contributed by atoms with Gasteiger partial charge >= 0.3 is 6.03 Å². The van der Waals surface area contributed by atoms with Crippen LogP contribution in [0.4, 0.5) is 10.5 Å². The number of carbonyl (C=O) groups is 3. The number of hydrogen-bond donors (Lipinski definition) is 3. The first-order valence-electron chi connectivity index (χ1n) is 8.56. The Hall–Kier alpha value is -2.57. The maximum absolute atomic E-state index is 12.8. The van der Waals surface area contributed by atoms with E-state index in [-0.39, 0.29) is 17.7 Å². The number of likely N-dealkylation sites (N-methyl/N-ethyl adjacent to an activating group) is 1. The number of anilines is 1. The zero-order valence-electron chi connectivity index (χ0n) is 15.1. The van der Waals surface area contributed by atoms with E-state index in [0.29, 0.717) is 6.54 Å². The second-order valence-corrected chi connectivity index (χ2v) is 6.39. The van der Waals surface area contributed by atoms with Crippen LogP contribution in [-0.4, -0.2) is 41.9 Å². The van der Waals surface area contributed by atoms with Gasteiger partial charge in [-0.3, -0.25) is 9.59 Å². The number of nitrogens with zero attached hydrogens (tertiary/aromatic N) is 1. The number of benzene rings is 1. The largest absolute Gasteiger partial charge is 0.357 e. The van der Waals surface area contributed by atoms with Gasteiger partial charge in [0.25, 0.3) is 0 Å². The number of amides is 4. The van der Waals surface area contributed by atoms with E-state index in [4.69, 9.17) is 0 Å². The van der Waals surface area contributed by atoms with Gasteiger partial charge in [0, 0.05) is 12.7 Å². The smallest absolute Gasteiger partial charge is 0.319 e. The standard InChI is InChI=1S/C18H26N4O3/c1-5-11(2)15-17(24)21-14-9-7-6-8-13(14)10-22(15)18(25)20-12(3)16(23)19-4/h6-9,11-12,15H,5,10H2,1-4H3,(H,19,23)(H,20,25)(H,21,24)/t11-,12-,15-/m0/s1. The van der Waals surface area contributed by atoms with Crippen LogP contribution in [0.1, 0.15) is 32.8 Å². The lowest BCUT2D eigenvalue weighted by Crippen LogP contribution is -2.55. The number of nitrogens with one attached hydrogen (secondary N) is 3. The number of fused-ring (bicyclic) bond motifs is 1. The Labute approximate surface area is 148 Å². The Morgan fingerprint density at radius 3 is 2.64 bits per heavy atom. The Kier molecular flexibility index (Phi) is 6.01. The lowest BCUT2D eigenvalue weighted by atomic mass is 9.97. The number of rotatable bonds is 4. The lowest BCUT2D eigenvalue weighted by molar-refractivity contribution is -0.122. The Morgan fingerprint density at radius 2 is 2.00 bits per heavy atom. The van der Waals surface area contributed by atoms with Crippen LogP contribution in [0.3, 0.4) is 0 Å². The summed E-state index contributed by atoms with van der Waals surface area (Å²) < 4.78 is 0. The average Bonchev–Trinajstić information content (AvgIpc) is 2.75. The fourth-order valence-corrected chi connectivity index (χ4v) is 2.95. The van der Waals surface area contributed by atoms with Gasteiger partial charge in [0.2, 0.25) is 11.8 Å². The van der Waals surface area contributed by atoms with Gasteiger partial charge in [0.15, 0.2) is 0 Å². The number of hydrogen-bond acceptors (Lipinski definition) is 3. The third kappa shape index (κ3) is 4.10.